The lowest BCUT2D eigenvalue weighted by Crippen LogP contribution is -2.31. The fourth-order valence-electron chi connectivity index (χ4n) is 2.20. The van der Waals surface area contributed by atoms with Crippen molar-refractivity contribution in [3.8, 4) is 0 Å². The lowest BCUT2D eigenvalue weighted by Gasteiger charge is -2.18. The zero-order chi connectivity index (χ0) is 16.1. The van der Waals surface area contributed by atoms with Gasteiger partial charge in [-0.1, -0.05) is 36.4 Å². The molecule has 0 aliphatic rings. The van der Waals surface area contributed by atoms with Gasteiger partial charge in [0.2, 0.25) is 0 Å². The third-order valence-electron chi connectivity index (χ3n) is 3.30. The van der Waals surface area contributed by atoms with Gasteiger partial charge in [0.15, 0.2) is 0 Å². The second-order valence-electron chi connectivity index (χ2n) is 4.88. The van der Waals surface area contributed by atoms with Crippen molar-refractivity contribution in [2.24, 2.45) is 0 Å². The highest BCUT2D eigenvalue weighted by atomic mass is 16.2. The van der Waals surface area contributed by atoms with Crippen LogP contribution in [-0.2, 0) is 0 Å². The quantitative estimate of drug-likeness (QED) is 0.767. The summed E-state index contributed by atoms with van der Waals surface area (Å²) in [5.74, 6) is -0.388. The molecular weight excluding hydrogens is 292 g/mol. The van der Waals surface area contributed by atoms with E-state index in [1.165, 1.54) is 12.1 Å². The van der Waals surface area contributed by atoms with E-state index in [9.17, 15) is 9.59 Å². The topological polar surface area (TPSA) is 87.7 Å². The van der Waals surface area contributed by atoms with Gasteiger partial charge >= 0.3 is 0 Å². The molecule has 1 atom stereocenters. The third-order valence-corrected chi connectivity index (χ3v) is 3.30. The first-order valence-electron chi connectivity index (χ1n) is 7.06. The largest absolute Gasteiger partial charge is 0.338 e. The first-order valence-corrected chi connectivity index (χ1v) is 7.06. The van der Waals surface area contributed by atoms with Crippen LogP contribution in [-0.4, -0.2) is 21.1 Å². The van der Waals surface area contributed by atoms with Crippen LogP contribution < -0.4 is 10.9 Å². The predicted octanol–water partition coefficient (Wildman–Crippen LogP) is 1.68. The van der Waals surface area contributed by atoms with Crippen LogP contribution in [0.15, 0.2) is 71.7 Å². The van der Waals surface area contributed by atoms with E-state index in [1.54, 1.807) is 6.20 Å². The van der Waals surface area contributed by atoms with E-state index >= 15 is 0 Å². The summed E-state index contributed by atoms with van der Waals surface area (Å²) < 4.78 is 0. The first kappa shape index (κ1) is 14.6. The van der Waals surface area contributed by atoms with Crippen LogP contribution in [0.3, 0.4) is 0 Å². The minimum absolute atomic E-state index is 0.140. The van der Waals surface area contributed by atoms with Gasteiger partial charge in [-0.05, 0) is 23.8 Å². The molecule has 114 valence electrons. The van der Waals surface area contributed by atoms with Crippen molar-refractivity contribution in [2.45, 2.75) is 6.04 Å². The summed E-state index contributed by atoms with van der Waals surface area (Å²) in [5, 5.41) is 8.90. The average Bonchev–Trinajstić information content (AvgIpc) is 2.61. The number of pyridine rings is 1. The molecule has 2 aromatic heterocycles. The van der Waals surface area contributed by atoms with E-state index in [-0.39, 0.29) is 17.2 Å². The number of nitrogens with zero attached hydrogens (tertiary/aromatic N) is 2. The second-order valence-corrected chi connectivity index (χ2v) is 4.88. The van der Waals surface area contributed by atoms with Gasteiger partial charge in [-0.15, -0.1) is 0 Å². The Morgan fingerprint density at radius 3 is 2.43 bits per heavy atom. The van der Waals surface area contributed by atoms with Crippen molar-refractivity contribution in [3.05, 3.63) is 94.2 Å². The van der Waals surface area contributed by atoms with Crippen LogP contribution in [0.4, 0.5) is 0 Å². The molecule has 3 aromatic rings. The summed E-state index contributed by atoms with van der Waals surface area (Å²) in [6, 6.07) is 17.3. The summed E-state index contributed by atoms with van der Waals surface area (Å²) in [6.07, 6.45) is 1.68. The van der Waals surface area contributed by atoms with E-state index in [0.29, 0.717) is 0 Å². The SMILES string of the molecule is O=C(NC(c1ccccc1)c1ccccn1)c1ccc(=O)[nH]n1. The van der Waals surface area contributed by atoms with E-state index in [4.69, 9.17) is 0 Å². The Balaban J connectivity index is 1.92. The van der Waals surface area contributed by atoms with Crippen molar-refractivity contribution in [2.75, 3.05) is 0 Å². The fourth-order valence-corrected chi connectivity index (χ4v) is 2.20. The normalized spacial score (nSPS) is 11.7. The third kappa shape index (κ3) is 3.49. The van der Waals surface area contributed by atoms with E-state index in [1.807, 2.05) is 48.5 Å². The Kier molecular flexibility index (Phi) is 4.24. The molecule has 23 heavy (non-hydrogen) atoms. The molecule has 0 aliphatic heterocycles. The highest BCUT2D eigenvalue weighted by molar-refractivity contribution is 5.92. The molecule has 0 fully saturated rings. The number of H-pyrrole nitrogens is 1. The van der Waals surface area contributed by atoms with Crippen molar-refractivity contribution >= 4 is 5.91 Å². The number of hydrogen-bond donors (Lipinski definition) is 2. The molecule has 1 unspecified atom stereocenters. The molecule has 0 saturated carbocycles. The zero-order valence-electron chi connectivity index (χ0n) is 12.1. The summed E-state index contributed by atoms with van der Waals surface area (Å²) in [5.41, 5.74) is 1.41. The smallest absolute Gasteiger partial charge is 0.272 e. The average molecular weight is 306 g/mol. The Morgan fingerprint density at radius 2 is 1.78 bits per heavy atom. The highest BCUT2D eigenvalue weighted by Crippen LogP contribution is 2.20. The molecule has 0 spiro atoms. The number of carbonyl (C=O) groups excluding carboxylic acids is 1. The molecule has 6 heteroatoms. The molecular formula is C17H14N4O2. The number of rotatable bonds is 4. The second kappa shape index (κ2) is 6.65. The van der Waals surface area contributed by atoms with Crippen LogP contribution in [0.2, 0.25) is 0 Å². The number of aromatic nitrogens is 3. The monoisotopic (exact) mass is 306 g/mol. The summed E-state index contributed by atoms with van der Waals surface area (Å²) in [6.45, 7) is 0. The Morgan fingerprint density at radius 1 is 1.00 bits per heavy atom. The Bertz CT molecular complexity index is 787. The Labute approximate surface area is 132 Å². The van der Waals surface area contributed by atoms with Crippen molar-refractivity contribution < 1.29 is 4.79 Å². The highest BCUT2D eigenvalue weighted by Gasteiger charge is 2.19. The molecule has 1 amide bonds. The van der Waals surface area contributed by atoms with Crippen LogP contribution in [0.5, 0.6) is 0 Å². The molecule has 0 radical (unpaired) electrons. The van der Waals surface area contributed by atoms with Gasteiger partial charge in [0.1, 0.15) is 5.69 Å². The summed E-state index contributed by atoms with van der Waals surface area (Å²) in [7, 11) is 0. The van der Waals surface area contributed by atoms with Gasteiger partial charge in [0.25, 0.3) is 11.5 Å². The fraction of sp³-hybridized carbons (Fsp3) is 0.0588. The Hall–Kier alpha value is -3.28. The summed E-state index contributed by atoms with van der Waals surface area (Å²) >= 11 is 0. The molecule has 0 aliphatic carbocycles. The maximum atomic E-state index is 12.4. The van der Waals surface area contributed by atoms with Gasteiger partial charge in [-0.25, -0.2) is 5.10 Å². The molecule has 0 saturated heterocycles. The number of hydrogen-bond acceptors (Lipinski definition) is 4. The first-order chi connectivity index (χ1) is 11.2. The van der Waals surface area contributed by atoms with Gasteiger partial charge in [-0.3, -0.25) is 14.6 Å². The molecule has 0 bridgehead atoms. The van der Waals surface area contributed by atoms with Crippen LogP contribution in [0, 0.1) is 0 Å². The number of nitrogens with one attached hydrogen (secondary N) is 2. The van der Waals surface area contributed by atoms with E-state index in [0.717, 1.165) is 11.3 Å². The van der Waals surface area contributed by atoms with Gasteiger partial charge < -0.3 is 5.32 Å². The number of carbonyl (C=O) groups is 1. The van der Waals surface area contributed by atoms with Crippen molar-refractivity contribution in [3.63, 3.8) is 0 Å². The van der Waals surface area contributed by atoms with Crippen molar-refractivity contribution in [1.29, 1.82) is 0 Å². The molecule has 2 N–H and O–H groups in total. The number of amides is 1. The van der Waals surface area contributed by atoms with Crippen LogP contribution in [0.25, 0.3) is 0 Å². The number of aromatic amines is 1. The lowest BCUT2D eigenvalue weighted by atomic mass is 10.0. The maximum Gasteiger partial charge on any atom is 0.272 e. The summed E-state index contributed by atoms with van der Waals surface area (Å²) in [4.78, 5) is 27.8. The maximum absolute atomic E-state index is 12.4. The number of benzene rings is 1. The van der Waals surface area contributed by atoms with Gasteiger partial charge in [0.05, 0.1) is 11.7 Å². The van der Waals surface area contributed by atoms with Crippen molar-refractivity contribution in [1.82, 2.24) is 20.5 Å². The minimum Gasteiger partial charge on any atom is -0.338 e. The standard InChI is InChI=1S/C17H14N4O2/c22-15-10-9-14(20-21-15)17(23)19-16(12-6-2-1-3-7-12)13-8-4-5-11-18-13/h1-11,16H,(H,19,23)(H,21,22). The van der Waals surface area contributed by atoms with Crippen LogP contribution >= 0.6 is 0 Å². The minimum atomic E-state index is -0.404. The van der Waals surface area contributed by atoms with Crippen LogP contribution in [0.1, 0.15) is 27.8 Å². The van der Waals surface area contributed by atoms with E-state index in [2.05, 4.69) is 20.5 Å². The molecule has 2 heterocycles. The van der Waals surface area contributed by atoms with E-state index < -0.39 is 6.04 Å². The molecule has 1 aromatic carbocycles. The zero-order valence-corrected chi connectivity index (χ0v) is 12.1. The van der Waals surface area contributed by atoms with Gasteiger partial charge in [-0.2, -0.15) is 5.10 Å². The molecule has 3 rings (SSSR count). The lowest BCUT2D eigenvalue weighted by molar-refractivity contribution is 0.0936. The predicted molar refractivity (Wildman–Crippen MR) is 84.8 cm³/mol. The molecule has 6 nitrogen and oxygen atoms in total. The van der Waals surface area contributed by atoms with Gasteiger partial charge in [0, 0.05) is 12.3 Å².